The minimum atomic E-state index is -0.964. The zero-order chi connectivity index (χ0) is 14.5. The van der Waals surface area contributed by atoms with E-state index in [1.54, 1.807) is 6.08 Å². The first-order chi connectivity index (χ1) is 9.06. The van der Waals surface area contributed by atoms with Gasteiger partial charge in [0, 0.05) is 19.4 Å². The van der Waals surface area contributed by atoms with E-state index in [9.17, 15) is 14.4 Å². The summed E-state index contributed by atoms with van der Waals surface area (Å²) in [6, 6.07) is -0.604. The Morgan fingerprint density at radius 3 is 2.58 bits per heavy atom. The number of amides is 3. The van der Waals surface area contributed by atoms with Crippen molar-refractivity contribution in [2.45, 2.75) is 25.7 Å². The van der Waals surface area contributed by atoms with Crippen molar-refractivity contribution in [2.75, 3.05) is 19.8 Å². The summed E-state index contributed by atoms with van der Waals surface area (Å²) in [5, 5.41) is 12.9. The van der Waals surface area contributed by atoms with Crippen LogP contribution in [0.1, 0.15) is 25.7 Å². The fourth-order valence-corrected chi connectivity index (χ4v) is 1.14. The van der Waals surface area contributed by atoms with Gasteiger partial charge < -0.3 is 15.2 Å². The van der Waals surface area contributed by atoms with E-state index in [1.165, 1.54) is 0 Å². The van der Waals surface area contributed by atoms with Gasteiger partial charge in [-0.1, -0.05) is 6.08 Å². The molecule has 0 rings (SSSR count). The van der Waals surface area contributed by atoms with E-state index in [0.717, 1.165) is 6.42 Å². The summed E-state index contributed by atoms with van der Waals surface area (Å²) in [5.41, 5.74) is 0. The topological polar surface area (TPSA) is 105 Å². The van der Waals surface area contributed by atoms with Crippen LogP contribution in [0.15, 0.2) is 12.7 Å². The molecule has 0 atom stereocenters. The molecule has 7 nitrogen and oxygen atoms in total. The van der Waals surface area contributed by atoms with Gasteiger partial charge in [-0.25, -0.2) is 4.79 Å². The molecule has 3 amide bonds. The maximum atomic E-state index is 11.2. The number of carboxylic acid groups (broad SMARTS) is 1. The predicted molar refractivity (Wildman–Crippen MR) is 68.7 cm³/mol. The van der Waals surface area contributed by atoms with Crippen LogP contribution in [0.3, 0.4) is 0 Å². The van der Waals surface area contributed by atoms with Gasteiger partial charge in [0.15, 0.2) is 0 Å². The lowest BCUT2D eigenvalue weighted by Crippen LogP contribution is -2.40. The fraction of sp³-hybridized carbons (Fsp3) is 0.583. The minimum Gasteiger partial charge on any atom is -0.481 e. The van der Waals surface area contributed by atoms with E-state index in [0.29, 0.717) is 19.8 Å². The van der Waals surface area contributed by atoms with E-state index in [-0.39, 0.29) is 19.3 Å². The number of ether oxygens (including phenoxy) is 1. The Labute approximate surface area is 112 Å². The Morgan fingerprint density at radius 2 is 1.95 bits per heavy atom. The highest BCUT2D eigenvalue weighted by molar-refractivity contribution is 5.94. The molecule has 0 saturated heterocycles. The molecule has 0 aliphatic rings. The van der Waals surface area contributed by atoms with E-state index < -0.39 is 17.9 Å². The number of aliphatic carboxylic acids is 1. The van der Waals surface area contributed by atoms with Crippen LogP contribution in [0.25, 0.3) is 0 Å². The zero-order valence-electron chi connectivity index (χ0n) is 10.8. The molecule has 0 aromatic heterocycles. The van der Waals surface area contributed by atoms with Crippen LogP contribution in [0.2, 0.25) is 0 Å². The van der Waals surface area contributed by atoms with Crippen molar-refractivity contribution in [1.82, 2.24) is 10.6 Å². The third-order valence-electron chi connectivity index (χ3n) is 2.05. The molecule has 0 fully saturated rings. The summed E-state index contributed by atoms with van der Waals surface area (Å²) in [7, 11) is 0. The summed E-state index contributed by atoms with van der Waals surface area (Å²) in [4.78, 5) is 32.6. The molecule has 3 N–H and O–H groups in total. The first-order valence-corrected chi connectivity index (χ1v) is 6.04. The summed E-state index contributed by atoms with van der Waals surface area (Å²) in [6.07, 6.45) is 2.60. The molecule has 0 spiro atoms. The van der Waals surface area contributed by atoms with Gasteiger partial charge in [-0.15, -0.1) is 6.58 Å². The molecule has 0 aromatic carbocycles. The molecular weight excluding hydrogens is 252 g/mol. The SMILES string of the molecule is C=CCCOCCNC(=O)NC(=O)CCCC(=O)O. The van der Waals surface area contributed by atoms with Gasteiger partial charge in [-0.05, 0) is 12.8 Å². The standard InChI is InChI=1S/C12H20N2O5/c1-2-3-8-19-9-7-13-12(18)14-10(15)5-4-6-11(16)17/h2H,1,3-9H2,(H,16,17)(H2,13,14,15,18). The van der Waals surface area contributed by atoms with Crippen LogP contribution in [0.4, 0.5) is 4.79 Å². The van der Waals surface area contributed by atoms with Gasteiger partial charge in [-0.2, -0.15) is 0 Å². The normalized spacial score (nSPS) is 9.68. The molecule has 0 aromatic rings. The van der Waals surface area contributed by atoms with Crippen LogP contribution < -0.4 is 10.6 Å². The van der Waals surface area contributed by atoms with Crippen LogP contribution in [0, 0.1) is 0 Å². The number of carbonyl (C=O) groups is 3. The van der Waals surface area contributed by atoms with Gasteiger partial charge in [0.1, 0.15) is 0 Å². The van der Waals surface area contributed by atoms with Gasteiger partial charge >= 0.3 is 12.0 Å². The van der Waals surface area contributed by atoms with Gasteiger partial charge in [-0.3, -0.25) is 14.9 Å². The Bertz CT molecular complexity index is 317. The number of carbonyl (C=O) groups excluding carboxylic acids is 2. The number of imide groups is 1. The summed E-state index contributed by atoms with van der Waals surface area (Å²) >= 11 is 0. The molecule has 108 valence electrons. The molecule has 7 heteroatoms. The van der Waals surface area contributed by atoms with Crippen molar-refractivity contribution >= 4 is 17.9 Å². The molecule has 0 aliphatic carbocycles. The Morgan fingerprint density at radius 1 is 1.21 bits per heavy atom. The molecule has 0 saturated carbocycles. The second-order valence-electron chi connectivity index (χ2n) is 3.74. The fourth-order valence-electron chi connectivity index (χ4n) is 1.14. The van der Waals surface area contributed by atoms with Gasteiger partial charge in [0.25, 0.3) is 0 Å². The van der Waals surface area contributed by atoms with E-state index >= 15 is 0 Å². The van der Waals surface area contributed by atoms with Crippen molar-refractivity contribution in [3.63, 3.8) is 0 Å². The number of hydrogen-bond donors (Lipinski definition) is 3. The second-order valence-corrected chi connectivity index (χ2v) is 3.74. The predicted octanol–water partition coefficient (Wildman–Crippen LogP) is 0.660. The monoisotopic (exact) mass is 272 g/mol. The number of carboxylic acids is 1. The third-order valence-corrected chi connectivity index (χ3v) is 2.05. The number of rotatable bonds is 10. The zero-order valence-corrected chi connectivity index (χ0v) is 10.8. The molecule has 19 heavy (non-hydrogen) atoms. The lowest BCUT2D eigenvalue weighted by atomic mass is 10.2. The summed E-state index contributed by atoms with van der Waals surface area (Å²) in [5.74, 6) is -1.46. The molecule has 0 unspecified atom stereocenters. The highest BCUT2D eigenvalue weighted by Gasteiger charge is 2.07. The quantitative estimate of drug-likeness (QED) is 0.400. The van der Waals surface area contributed by atoms with Crippen molar-refractivity contribution in [2.24, 2.45) is 0 Å². The van der Waals surface area contributed by atoms with Gasteiger partial charge in [0.05, 0.1) is 13.2 Å². The maximum Gasteiger partial charge on any atom is 0.321 e. The average Bonchev–Trinajstić information content (AvgIpc) is 2.33. The maximum absolute atomic E-state index is 11.2. The number of hydrogen-bond acceptors (Lipinski definition) is 4. The largest absolute Gasteiger partial charge is 0.481 e. The summed E-state index contributed by atoms with van der Waals surface area (Å²) in [6.45, 7) is 4.74. The Balaban J connectivity index is 3.49. The molecular formula is C12H20N2O5. The Kier molecular flexibility index (Phi) is 10.1. The van der Waals surface area contributed by atoms with Crippen molar-refractivity contribution in [3.8, 4) is 0 Å². The number of nitrogens with one attached hydrogen (secondary N) is 2. The molecule has 0 radical (unpaired) electrons. The minimum absolute atomic E-state index is 0.00948. The third kappa shape index (κ3) is 12.4. The van der Waals surface area contributed by atoms with Crippen LogP contribution in [-0.4, -0.2) is 42.8 Å². The Hall–Kier alpha value is -1.89. The van der Waals surface area contributed by atoms with E-state index in [4.69, 9.17) is 9.84 Å². The lowest BCUT2D eigenvalue weighted by molar-refractivity contribution is -0.137. The van der Waals surface area contributed by atoms with Crippen molar-refractivity contribution < 1.29 is 24.2 Å². The van der Waals surface area contributed by atoms with Crippen LogP contribution >= 0.6 is 0 Å². The molecule has 0 bridgehead atoms. The molecule has 0 heterocycles. The van der Waals surface area contributed by atoms with Crippen LogP contribution in [0.5, 0.6) is 0 Å². The van der Waals surface area contributed by atoms with E-state index in [1.807, 2.05) is 0 Å². The summed E-state index contributed by atoms with van der Waals surface area (Å²) < 4.78 is 5.16. The first kappa shape index (κ1) is 17.1. The average molecular weight is 272 g/mol. The van der Waals surface area contributed by atoms with E-state index in [2.05, 4.69) is 17.2 Å². The first-order valence-electron chi connectivity index (χ1n) is 6.04. The highest BCUT2D eigenvalue weighted by atomic mass is 16.5. The highest BCUT2D eigenvalue weighted by Crippen LogP contribution is 1.94. The van der Waals surface area contributed by atoms with Crippen molar-refractivity contribution in [3.05, 3.63) is 12.7 Å². The number of urea groups is 1. The smallest absolute Gasteiger partial charge is 0.321 e. The van der Waals surface area contributed by atoms with Crippen molar-refractivity contribution in [1.29, 1.82) is 0 Å². The molecule has 0 aliphatic heterocycles. The van der Waals surface area contributed by atoms with Gasteiger partial charge in [0.2, 0.25) is 5.91 Å². The van der Waals surface area contributed by atoms with Crippen LogP contribution in [-0.2, 0) is 14.3 Å². The second kappa shape index (κ2) is 11.2. The lowest BCUT2D eigenvalue weighted by Gasteiger charge is -2.06.